The number of hydrogen-bond donors (Lipinski definition) is 0. The fraction of sp³-hybridized carbons (Fsp3) is 0.163. The van der Waals surface area contributed by atoms with Crippen LogP contribution in [0.2, 0.25) is 0 Å². The third-order valence-electron chi connectivity index (χ3n) is 9.38. The molecule has 0 aliphatic carbocycles. The highest BCUT2D eigenvalue weighted by Crippen LogP contribution is 2.54. The molecule has 0 radical (unpaired) electrons. The number of anilines is 6. The van der Waals surface area contributed by atoms with Crippen LogP contribution in [0.25, 0.3) is 0 Å². The molecule has 232 valence electrons. The highest BCUT2D eigenvalue weighted by atomic mass is 32.2. The summed E-state index contributed by atoms with van der Waals surface area (Å²) in [4.78, 5) is 7.40. The molecule has 0 saturated heterocycles. The molecular weight excluding hydrogens is 593 g/mol. The number of benzene rings is 6. The maximum Gasteiger partial charge on any atom is 0.151 e. The predicted molar refractivity (Wildman–Crippen MR) is 197 cm³/mol. The van der Waals surface area contributed by atoms with E-state index < -0.39 is 0 Å². The summed E-state index contributed by atoms with van der Waals surface area (Å²) in [5, 5.41) is 0. The molecule has 47 heavy (non-hydrogen) atoms. The summed E-state index contributed by atoms with van der Waals surface area (Å²) in [7, 11) is 0. The average Bonchev–Trinajstić information content (AvgIpc) is 3.09. The van der Waals surface area contributed by atoms with E-state index in [4.69, 9.17) is 4.74 Å². The molecule has 0 N–H and O–H groups in total. The second-order valence-corrected chi connectivity index (χ2v) is 14.5. The smallest absolute Gasteiger partial charge is 0.151 e. The fourth-order valence-corrected chi connectivity index (χ4v) is 8.07. The molecule has 0 aromatic heterocycles. The largest absolute Gasteiger partial charge is 0.453 e. The third kappa shape index (κ3) is 5.27. The van der Waals surface area contributed by atoms with E-state index in [1.54, 1.807) is 0 Å². The standard InChI is InChI=1S/C43H38N2OS/c1-29(2)30-14-11-17-33(26-30)45-37-21-7-10-25-41(37)47-42-31(15-12-22-38(42)45)28-43(3,4)32-16-13-18-34(27-32)44-35-19-5-8-23-39(35)46-40-24-9-6-20-36(40)44/h5-27,29H,28H2,1-4H3. The minimum Gasteiger partial charge on any atom is -0.453 e. The molecule has 0 spiro atoms. The number of rotatable bonds is 6. The van der Waals surface area contributed by atoms with Gasteiger partial charge in [-0.25, -0.2) is 0 Å². The number of ether oxygens (including phenoxy) is 1. The predicted octanol–water partition coefficient (Wildman–Crippen LogP) is 12.8. The lowest BCUT2D eigenvalue weighted by Crippen LogP contribution is -2.23. The Morgan fingerprint density at radius 3 is 1.89 bits per heavy atom. The van der Waals surface area contributed by atoms with E-state index in [9.17, 15) is 0 Å². The molecule has 0 saturated carbocycles. The molecule has 2 aliphatic rings. The Morgan fingerprint density at radius 1 is 0.596 bits per heavy atom. The number of hydrogen-bond acceptors (Lipinski definition) is 4. The van der Waals surface area contributed by atoms with Crippen molar-refractivity contribution >= 4 is 45.9 Å². The molecule has 6 aromatic carbocycles. The zero-order chi connectivity index (χ0) is 32.1. The normalized spacial score (nSPS) is 13.4. The van der Waals surface area contributed by atoms with Gasteiger partial charge in [0.2, 0.25) is 0 Å². The van der Waals surface area contributed by atoms with Gasteiger partial charge in [-0.05, 0) is 101 Å². The fourth-order valence-electron chi connectivity index (χ4n) is 6.90. The summed E-state index contributed by atoms with van der Waals surface area (Å²) in [6.45, 7) is 9.27. The maximum atomic E-state index is 6.29. The van der Waals surface area contributed by atoms with Crippen molar-refractivity contribution in [2.45, 2.75) is 55.2 Å². The minimum atomic E-state index is -0.129. The Labute approximate surface area is 282 Å². The van der Waals surface area contributed by atoms with Gasteiger partial charge in [0.25, 0.3) is 0 Å². The van der Waals surface area contributed by atoms with Gasteiger partial charge in [-0.3, -0.25) is 0 Å². The third-order valence-corrected chi connectivity index (χ3v) is 10.6. The monoisotopic (exact) mass is 630 g/mol. The van der Waals surface area contributed by atoms with Crippen LogP contribution in [0.15, 0.2) is 149 Å². The van der Waals surface area contributed by atoms with Crippen LogP contribution in [0.5, 0.6) is 11.5 Å². The molecule has 6 aromatic rings. The van der Waals surface area contributed by atoms with Gasteiger partial charge in [0.15, 0.2) is 11.5 Å². The first-order valence-electron chi connectivity index (χ1n) is 16.4. The van der Waals surface area contributed by atoms with E-state index in [0.717, 1.165) is 35.0 Å². The summed E-state index contributed by atoms with van der Waals surface area (Å²) in [5.74, 6) is 2.20. The van der Waals surface area contributed by atoms with E-state index in [-0.39, 0.29) is 5.41 Å². The first kappa shape index (κ1) is 29.5. The van der Waals surface area contributed by atoms with E-state index >= 15 is 0 Å². The molecule has 0 bridgehead atoms. The van der Waals surface area contributed by atoms with Gasteiger partial charge in [0.1, 0.15) is 0 Å². The Hall–Kier alpha value is -4.93. The van der Waals surface area contributed by atoms with E-state index in [1.807, 2.05) is 36.0 Å². The first-order chi connectivity index (χ1) is 22.9. The highest BCUT2D eigenvalue weighted by Gasteiger charge is 2.31. The van der Waals surface area contributed by atoms with Gasteiger partial charge in [-0.15, -0.1) is 0 Å². The Morgan fingerprint density at radius 2 is 1.17 bits per heavy atom. The van der Waals surface area contributed by atoms with Crippen LogP contribution in [-0.2, 0) is 11.8 Å². The van der Waals surface area contributed by atoms with Gasteiger partial charge in [-0.2, -0.15) is 0 Å². The van der Waals surface area contributed by atoms with Gasteiger partial charge in [0, 0.05) is 21.2 Å². The molecule has 0 fully saturated rings. The zero-order valence-electron chi connectivity index (χ0n) is 27.3. The Kier molecular flexibility index (Phi) is 7.34. The summed E-state index contributed by atoms with van der Waals surface area (Å²) in [6.07, 6.45) is 0.908. The molecule has 2 heterocycles. The minimum absolute atomic E-state index is 0.129. The van der Waals surface area contributed by atoms with Gasteiger partial charge in [0.05, 0.1) is 22.7 Å². The molecule has 0 atom stereocenters. The second kappa shape index (κ2) is 11.7. The van der Waals surface area contributed by atoms with E-state index in [2.05, 4.69) is 153 Å². The van der Waals surface area contributed by atoms with Crippen molar-refractivity contribution in [3.05, 3.63) is 156 Å². The zero-order valence-corrected chi connectivity index (χ0v) is 28.1. The lowest BCUT2D eigenvalue weighted by Gasteiger charge is -2.36. The van der Waals surface area contributed by atoms with Crippen molar-refractivity contribution in [3.63, 3.8) is 0 Å². The number of nitrogens with zero attached hydrogens (tertiary/aromatic N) is 2. The molecule has 0 unspecified atom stereocenters. The van der Waals surface area contributed by atoms with Crippen LogP contribution >= 0.6 is 11.8 Å². The summed E-state index contributed by atoms with van der Waals surface area (Å²) in [5.41, 5.74) is 10.8. The topological polar surface area (TPSA) is 15.7 Å². The van der Waals surface area contributed by atoms with Crippen molar-refractivity contribution < 1.29 is 4.74 Å². The molecule has 0 amide bonds. The van der Waals surface area contributed by atoms with Gasteiger partial charge >= 0.3 is 0 Å². The second-order valence-electron chi connectivity index (χ2n) is 13.4. The maximum absolute atomic E-state index is 6.29. The van der Waals surface area contributed by atoms with Crippen LogP contribution in [0.1, 0.15) is 50.3 Å². The summed E-state index contributed by atoms with van der Waals surface area (Å²) in [6, 6.07) is 50.3. The summed E-state index contributed by atoms with van der Waals surface area (Å²) < 4.78 is 6.29. The van der Waals surface area contributed by atoms with E-state index in [0.29, 0.717) is 5.92 Å². The first-order valence-corrected chi connectivity index (χ1v) is 17.2. The lowest BCUT2D eigenvalue weighted by molar-refractivity contribution is 0.477. The van der Waals surface area contributed by atoms with Crippen molar-refractivity contribution in [2.75, 3.05) is 9.80 Å². The van der Waals surface area contributed by atoms with Crippen LogP contribution in [0.4, 0.5) is 34.1 Å². The molecule has 4 heteroatoms. The quantitative estimate of drug-likeness (QED) is 0.182. The number of para-hydroxylation sites is 5. The van der Waals surface area contributed by atoms with Gasteiger partial charge < -0.3 is 14.5 Å². The van der Waals surface area contributed by atoms with Crippen molar-refractivity contribution in [2.24, 2.45) is 0 Å². The van der Waals surface area contributed by atoms with Gasteiger partial charge in [-0.1, -0.05) is 112 Å². The number of fused-ring (bicyclic) bond motifs is 4. The van der Waals surface area contributed by atoms with Crippen LogP contribution in [0, 0.1) is 0 Å². The lowest BCUT2D eigenvalue weighted by atomic mass is 9.79. The van der Waals surface area contributed by atoms with Crippen LogP contribution < -0.4 is 14.5 Å². The molecule has 2 aliphatic heterocycles. The van der Waals surface area contributed by atoms with Crippen molar-refractivity contribution in [1.82, 2.24) is 0 Å². The molecular formula is C43H38N2OS. The van der Waals surface area contributed by atoms with Crippen LogP contribution in [-0.4, -0.2) is 0 Å². The Balaban J connectivity index is 1.18. The average molecular weight is 631 g/mol. The van der Waals surface area contributed by atoms with Crippen LogP contribution in [0.3, 0.4) is 0 Å². The molecule has 8 rings (SSSR count). The SMILES string of the molecule is CC(C)c1cccc(N2c3ccccc3Sc3c(CC(C)(C)c4cccc(N5c6ccccc6Oc6ccccc65)c4)cccc32)c1. The van der Waals surface area contributed by atoms with Crippen molar-refractivity contribution in [1.29, 1.82) is 0 Å². The summed E-state index contributed by atoms with van der Waals surface area (Å²) >= 11 is 1.90. The van der Waals surface area contributed by atoms with E-state index in [1.165, 1.54) is 43.5 Å². The highest BCUT2D eigenvalue weighted by molar-refractivity contribution is 7.99. The Bertz CT molecular complexity index is 2070. The van der Waals surface area contributed by atoms with Crippen molar-refractivity contribution in [3.8, 4) is 11.5 Å². The molecule has 3 nitrogen and oxygen atoms in total.